The van der Waals surface area contributed by atoms with Gasteiger partial charge in [-0.2, -0.15) is 0 Å². The first kappa shape index (κ1) is 19.6. The van der Waals surface area contributed by atoms with Gasteiger partial charge in [0.05, 0.1) is 5.56 Å². The smallest absolute Gasteiger partial charge is 0.129 e. The van der Waals surface area contributed by atoms with E-state index in [0.717, 1.165) is 17.8 Å². The standard InChI is InChI=1S/C22H28N2O2S/c1-15(2)18-12-19(21(26)13-20(18)25)22(27)23-17-8-6-16(7-9-17)14-24-10-4-3-5-11-24/h6-9,12-13,15,25-26H,3-5,10-11,14H2,1-2H3,(H,23,27). The third-order valence-electron chi connectivity index (χ3n) is 5.08. The first-order valence-corrected chi connectivity index (χ1v) is 10.0. The summed E-state index contributed by atoms with van der Waals surface area (Å²) in [6.45, 7) is 7.34. The molecule has 0 aliphatic carbocycles. The largest absolute Gasteiger partial charge is 0.508 e. The van der Waals surface area contributed by atoms with Crippen LogP contribution in [0.5, 0.6) is 11.5 Å². The Bertz CT molecular complexity index is 797. The van der Waals surface area contributed by atoms with E-state index in [1.807, 2.05) is 26.0 Å². The van der Waals surface area contributed by atoms with Crippen LogP contribution in [0.15, 0.2) is 36.4 Å². The Kier molecular flexibility index (Phi) is 6.34. The van der Waals surface area contributed by atoms with Crippen molar-refractivity contribution in [3.8, 4) is 11.5 Å². The molecule has 1 heterocycles. The number of hydrogen-bond acceptors (Lipinski definition) is 4. The third-order valence-corrected chi connectivity index (χ3v) is 5.40. The van der Waals surface area contributed by atoms with Crippen LogP contribution in [0.1, 0.15) is 55.7 Å². The fourth-order valence-electron chi connectivity index (χ4n) is 3.51. The van der Waals surface area contributed by atoms with Crippen molar-refractivity contribution in [2.24, 2.45) is 0 Å². The molecule has 1 aliphatic rings. The molecule has 0 saturated carbocycles. The molecule has 2 aromatic carbocycles. The number of aromatic hydroxyl groups is 2. The maximum atomic E-state index is 10.2. The third kappa shape index (κ3) is 4.99. The summed E-state index contributed by atoms with van der Waals surface area (Å²) in [5.41, 5.74) is 3.48. The lowest BCUT2D eigenvalue weighted by Crippen LogP contribution is -2.29. The van der Waals surface area contributed by atoms with Crippen molar-refractivity contribution in [1.82, 2.24) is 4.90 Å². The van der Waals surface area contributed by atoms with E-state index in [9.17, 15) is 10.2 Å². The van der Waals surface area contributed by atoms with Gasteiger partial charge in [0.15, 0.2) is 0 Å². The van der Waals surface area contributed by atoms with E-state index >= 15 is 0 Å². The van der Waals surface area contributed by atoms with Crippen LogP contribution in [0.3, 0.4) is 0 Å². The summed E-state index contributed by atoms with van der Waals surface area (Å²) in [4.78, 5) is 2.94. The molecule has 1 saturated heterocycles. The second-order valence-electron chi connectivity index (χ2n) is 7.57. The van der Waals surface area contributed by atoms with Crippen LogP contribution in [0.4, 0.5) is 5.69 Å². The number of phenolic OH excluding ortho intramolecular Hbond substituents is 2. The second kappa shape index (κ2) is 8.72. The summed E-state index contributed by atoms with van der Waals surface area (Å²) >= 11 is 5.48. The summed E-state index contributed by atoms with van der Waals surface area (Å²) in [6, 6.07) is 11.4. The van der Waals surface area contributed by atoms with Crippen LogP contribution in [-0.2, 0) is 6.54 Å². The molecule has 2 aromatic rings. The molecule has 5 heteroatoms. The number of thiocarbonyl (C=S) groups is 1. The zero-order valence-corrected chi connectivity index (χ0v) is 16.9. The van der Waals surface area contributed by atoms with Crippen LogP contribution < -0.4 is 5.32 Å². The number of likely N-dealkylation sites (tertiary alicyclic amines) is 1. The molecule has 0 unspecified atom stereocenters. The summed E-state index contributed by atoms with van der Waals surface area (Å²) in [6.07, 6.45) is 3.93. The zero-order chi connectivity index (χ0) is 19.4. The lowest BCUT2D eigenvalue weighted by atomic mass is 9.99. The van der Waals surface area contributed by atoms with Gasteiger partial charge in [-0.15, -0.1) is 0 Å². The molecule has 1 aliphatic heterocycles. The Morgan fingerprint density at radius 2 is 1.70 bits per heavy atom. The normalized spacial score (nSPS) is 15.1. The first-order chi connectivity index (χ1) is 12.9. The Morgan fingerprint density at radius 3 is 2.33 bits per heavy atom. The monoisotopic (exact) mass is 384 g/mol. The minimum atomic E-state index is -0.0175. The highest BCUT2D eigenvalue weighted by Gasteiger charge is 2.15. The number of rotatable bonds is 5. The number of phenols is 2. The Labute approximate surface area is 166 Å². The van der Waals surface area contributed by atoms with Gasteiger partial charge in [-0.05, 0) is 61.2 Å². The van der Waals surface area contributed by atoms with Gasteiger partial charge < -0.3 is 15.5 Å². The van der Waals surface area contributed by atoms with Crippen molar-refractivity contribution in [3.63, 3.8) is 0 Å². The SMILES string of the molecule is CC(C)c1cc(C(=S)Nc2ccc(CN3CCCCC3)cc2)c(O)cc1O. The predicted molar refractivity (Wildman–Crippen MR) is 115 cm³/mol. The van der Waals surface area contributed by atoms with Crippen molar-refractivity contribution in [2.75, 3.05) is 18.4 Å². The van der Waals surface area contributed by atoms with E-state index < -0.39 is 0 Å². The Hall–Kier alpha value is -2.11. The minimum absolute atomic E-state index is 0.0175. The summed E-state index contributed by atoms with van der Waals surface area (Å²) in [5, 5.41) is 23.4. The highest BCUT2D eigenvalue weighted by Crippen LogP contribution is 2.32. The number of benzene rings is 2. The molecular weight excluding hydrogens is 356 g/mol. The van der Waals surface area contributed by atoms with Crippen LogP contribution in [-0.4, -0.2) is 33.2 Å². The van der Waals surface area contributed by atoms with Gasteiger partial charge in [0.1, 0.15) is 16.5 Å². The molecule has 0 bridgehead atoms. The predicted octanol–water partition coefficient (Wildman–Crippen LogP) is 4.99. The molecule has 0 amide bonds. The maximum absolute atomic E-state index is 10.2. The molecule has 27 heavy (non-hydrogen) atoms. The zero-order valence-electron chi connectivity index (χ0n) is 16.0. The highest BCUT2D eigenvalue weighted by molar-refractivity contribution is 7.81. The van der Waals surface area contributed by atoms with E-state index in [-0.39, 0.29) is 17.4 Å². The molecule has 0 radical (unpaired) electrons. The summed E-state index contributed by atoms with van der Waals surface area (Å²) in [7, 11) is 0. The van der Waals surface area contributed by atoms with Gasteiger partial charge >= 0.3 is 0 Å². The maximum Gasteiger partial charge on any atom is 0.129 e. The molecule has 3 rings (SSSR count). The van der Waals surface area contributed by atoms with Crippen LogP contribution in [0.2, 0.25) is 0 Å². The van der Waals surface area contributed by atoms with E-state index in [1.165, 1.54) is 44.0 Å². The van der Waals surface area contributed by atoms with Gasteiger partial charge in [0, 0.05) is 18.3 Å². The molecule has 4 nitrogen and oxygen atoms in total. The Balaban J connectivity index is 1.68. The van der Waals surface area contributed by atoms with E-state index in [1.54, 1.807) is 6.07 Å². The van der Waals surface area contributed by atoms with Gasteiger partial charge in [-0.1, -0.05) is 44.6 Å². The molecule has 0 spiro atoms. The van der Waals surface area contributed by atoms with Crippen molar-refractivity contribution in [2.45, 2.75) is 45.6 Å². The molecule has 1 fully saturated rings. The van der Waals surface area contributed by atoms with Crippen LogP contribution in [0, 0.1) is 0 Å². The molecule has 0 aromatic heterocycles. The van der Waals surface area contributed by atoms with E-state index in [2.05, 4.69) is 22.3 Å². The topological polar surface area (TPSA) is 55.7 Å². The first-order valence-electron chi connectivity index (χ1n) is 9.62. The van der Waals surface area contributed by atoms with E-state index in [0.29, 0.717) is 10.6 Å². The van der Waals surface area contributed by atoms with Crippen molar-refractivity contribution in [3.05, 3.63) is 53.1 Å². The van der Waals surface area contributed by atoms with E-state index in [4.69, 9.17) is 12.2 Å². The number of piperidine rings is 1. The van der Waals surface area contributed by atoms with Crippen LogP contribution in [0.25, 0.3) is 0 Å². The van der Waals surface area contributed by atoms with Crippen LogP contribution >= 0.6 is 12.2 Å². The van der Waals surface area contributed by atoms with Gasteiger partial charge in [-0.25, -0.2) is 0 Å². The number of nitrogens with one attached hydrogen (secondary N) is 1. The molecule has 3 N–H and O–H groups in total. The molecule has 0 atom stereocenters. The van der Waals surface area contributed by atoms with Gasteiger partial charge in [0.2, 0.25) is 0 Å². The molecule has 144 valence electrons. The average molecular weight is 385 g/mol. The summed E-state index contributed by atoms with van der Waals surface area (Å²) < 4.78 is 0. The van der Waals surface area contributed by atoms with Crippen molar-refractivity contribution < 1.29 is 10.2 Å². The lowest BCUT2D eigenvalue weighted by Gasteiger charge is -2.26. The lowest BCUT2D eigenvalue weighted by molar-refractivity contribution is 0.221. The fraction of sp³-hybridized carbons (Fsp3) is 0.409. The fourth-order valence-corrected chi connectivity index (χ4v) is 3.79. The Morgan fingerprint density at radius 1 is 1.04 bits per heavy atom. The van der Waals surface area contributed by atoms with Gasteiger partial charge in [-0.3, -0.25) is 4.90 Å². The van der Waals surface area contributed by atoms with Crippen molar-refractivity contribution >= 4 is 22.9 Å². The number of hydrogen-bond donors (Lipinski definition) is 3. The minimum Gasteiger partial charge on any atom is -0.508 e. The number of nitrogens with zero attached hydrogens (tertiary/aromatic N) is 1. The van der Waals surface area contributed by atoms with Crippen molar-refractivity contribution in [1.29, 1.82) is 0 Å². The second-order valence-corrected chi connectivity index (χ2v) is 7.98. The average Bonchev–Trinajstić information content (AvgIpc) is 2.64. The summed E-state index contributed by atoms with van der Waals surface area (Å²) in [5.74, 6) is 0.216. The number of anilines is 1. The van der Waals surface area contributed by atoms with Gasteiger partial charge in [0.25, 0.3) is 0 Å². The quantitative estimate of drug-likeness (QED) is 0.634. The highest BCUT2D eigenvalue weighted by atomic mass is 32.1. The molecular formula is C22H28N2O2S.